The van der Waals surface area contributed by atoms with Crippen molar-refractivity contribution in [1.82, 2.24) is 0 Å². The molecule has 0 spiro atoms. The molecule has 1 heterocycles. The second-order valence-electron chi connectivity index (χ2n) is 3.88. The molecule has 1 aromatic rings. The number of ether oxygens (including phenoxy) is 1. The standard InChI is InChI=1S/C12H12BrFO2/c13-9-1-2-10(11(14)7-9)12(15)8-3-5-16-6-4-8/h1-2,7-8H,3-6H2. The van der Waals surface area contributed by atoms with Gasteiger partial charge in [0.25, 0.3) is 0 Å². The third kappa shape index (κ3) is 2.50. The first-order chi connectivity index (χ1) is 7.68. The van der Waals surface area contributed by atoms with E-state index < -0.39 is 5.82 Å². The largest absolute Gasteiger partial charge is 0.381 e. The molecule has 16 heavy (non-hydrogen) atoms. The number of hydrogen-bond acceptors (Lipinski definition) is 2. The van der Waals surface area contributed by atoms with Crippen molar-refractivity contribution in [3.05, 3.63) is 34.1 Å². The van der Waals surface area contributed by atoms with Crippen molar-refractivity contribution < 1.29 is 13.9 Å². The molecule has 4 heteroatoms. The van der Waals surface area contributed by atoms with Crippen molar-refractivity contribution in [2.24, 2.45) is 5.92 Å². The molecule has 1 fully saturated rings. The van der Waals surface area contributed by atoms with Gasteiger partial charge in [0.15, 0.2) is 5.78 Å². The molecule has 0 bridgehead atoms. The second kappa shape index (κ2) is 5.06. The Morgan fingerprint density at radius 2 is 2.06 bits per heavy atom. The fraction of sp³-hybridized carbons (Fsp3) is 0.417. The highest BCUT2D eigenvalue weighted by molar-refractivity contribution is 9.10. The van der Waals surface area contributed by atoms with Gasteiger partial charge in [0, 0.05) is 23.6 Å². The van der Waals surface area contributed by atoms with Gasteiger partial charge in [-0.1, -0.05) is 15.9 Å². The van der Waals surface area contributed by atoms with Crippen molar-refractivity contribution >= 4 is 21.7 Å². The molecule has 86 valence electrons. The maximum absolute atomic E-state index is 13.6. The SMILES string of the molecule is O=C(c1ccc(Br)cc1F)C1CCOCC1. The van der Waals surface area contributed by atoms with Crippen molar-refractivity contribution in [2.45, 2.75) is 12.8 Å². The van der Waals surface area contributed by atoms with E-state index in [0.717, 1.165) is 0 Å². The molecule has 0 aliphatic carbocycles. The van der Waals surface area contributed by atoms with E-state index in [2.05, 4.69) is 15.9 Å². The van der Waals surface area contributed by atoms with Gasteiger partial charge in [-0.3, -0.25) is 4.79 Å². The van der Waals surface area contributed by atoms with Crippen LogP contribution in [0, 0.1) is 11.7 Å². The van der Waals surface area contributed by atoms with E-state index in [4.69, 9.17) is 4.74 Å². The molecule has 0 amide bonds. The average Bonchev–Trinajstić information content (AvgIpc) is 2.29. The zero-order valence-corrected chi connectivity index (χ0v) is 10.3. The third-order valence-corrected chi connectivity index (χ3v) is 3.28. The molecule has 1 aliphatic rings. The van der Waals surface area contributed by atoms with Gasteiger partial charge in [-0.2, -0.15) is 0 Å². The normalized spacial score (nSPS) is 17.4. The molecule has 0 N–H and O–H groups in total. The quantitative estimate of drug-likeness (QED) is 0.781. The molecule has 0 aromatic heterocycles. The molecular weight excluding hydrogens is 275 g/mol. The van der Waals surface area contributed by atoms with Crippen LogP contribution in [0.15, 0.2) is 22.7 Å². The average molecular weight is 287 g/mol. The smallest absolute Gasteiger partial charge is 0.169 e. The lowest BCUT2D eigenvalue weighted by Gasteiger charge is -2.20. The van der Waals surface area contributed by atoms with Gasteiger partial charge in [0.1, 0.15) is 5.82 Å². The molecule has 1 aromatic carbocycles. The third-order valence-electron chi connectivity index (χ3n) is 2.79. The lowest BCUT2D eigenvalue weighted by Crippen LogP contribution is -2.24. The fourth-order valence-corrected chi connectivity index (χ4v) is 2.20. The maximum atomic E-state index is 13.6. The van der Waals surface area contributed by atoms with Crippen LogP contribution in [-0.2, 0) is 4.74 Å². The number of carbonyl (C=O) groups is 1. The zero-order valence-electron chi connectivity index (χ0n) is 8.71. The van der Waals surface area contributed by atoms with Crippen LogP contribution in [0.2, 0.25) is 0 Å². The van der Waals surface area contributed by atoms with E-state index >= 15 is 0 Å². The van der Waals surface area contributed by atoms with Gasteiger partial charge in [-0.05, 0) is 31.0 Å². The first-order valence-corrected chi connectivity index (χ1v) is 6.05. The highest BCUT2D eigenvalue weighted by Gasteiger charge is 2.24. The number of carbonyl (C=O) groups excluding carboxylic acids is 1. The van der Waals surface area contributed by atoms with Crippen LogP contribution in [0.25, 0.3) is 0 Å². The van der Waals surface area contributed by atoms with Crippen LogP contribution in [0.1, 0.15) is 23.2 Å². The summed E-state index contributed by atoms with van der Waals surface area (Å²) < 4.78 is 19.4. The molecule has 0 unspecified atom stereocenters. The second-order valence-corrected chi connectivity index (χ2v) is 4.79. The fourth-order valence-electron chi connectivity index (χ4n) is 1.87. The van der Waals surface area contributed by atoms with E-state index in [9.17, 15) is 9.18 Å². The molecule has 0 saturated carbocycles. The number of rotatable bonds is 2. The Morgan fingerprint density at radius 3 is 2.69 bits per heavy atom. The van der Waals surface area contributed by atoms with E-state index in [1.54, 1.807) is 6.07 Å². The van der Waals surface area contributed by atoms with Crippen molar-refractivity contribution in [2.75, 3.05) is 13.2 Å². The summed E-state index contributed by atoms with van der Waals surface area (Å²) in [5, 5.41) is 0. The van der Waals surface area contributed by atoms with E-state index in [-0.39, 0.29) is 17.3 Å². The van der Waals surface area contributed by atoms with Gasteiger partial charge in [-0.25, -0.2) is 4.39 Å². The van der Waals surface area contributed by atoms with Gasteiger partial charge < -0.3 is 4.74 Å². The molecule has 1 aliphatic heterocycles. The van der Waals surface area contributed by atoms with Gasteiger partial charge >= 0.3 is 0 Å². The summed E-state index contributed by atoms with van der Waals surface area (Å²) in [5.74, 6) is -0.649. The number of ketones is 1. The van der Waals surface area contributed by atoms with Crippen LogP contribution in [0.3, 0.4) is 0 Å². The number of hydrogen-bond donors (Lipinski definition) is 0. The Labute approximate surface area is 102 Å². The van der Waals surface area contributed by atoms with Crippen LogP contribution in [-0.4, -0.2) is 19.0 Å². The summed E-state index contributed by atoms with van der Waals surface area (Å²) in [7, 11) is 0. The van der Waals surface area contributed by atoms with Gasteiger partial charge in [0.05, 0.1) is 5.56 Å². The monoisotopic (exact) mass is 286 g/mol. The molecule has 2 rings (SSSR count). The summed E-state index contributed by atoms with van der Waals surface area (Å²) in [6.45, 7) is 1.18. The maximum Gasteiger partial charge on any atom is 0.169 e. The molecule has 0 atom stereocenters. The number of Topliss-reactive ketones (excluding diaryl/α,β-unsaturated/α-hetero) is 1. The first kappa shape index (κ1) is 11.7. The lowest BCUT2D eigenvalue weighted by molar-refractivity contribution is 0.0542. The summed E-state index contributed by atoms with van der Waals surface area (Å²) in [6.07, 6.45) is 1.38. The molecule has 0 radical (unpaired) electrons. The lowest BCUT2D eigenvalue weighted by atomic mass is 9.91. The summed E-state index contributed by atoms with van der Waals surface area (Å²) >= 11 is 3.17. The predicted molar refractivity (Wildman–Crippen MR) is 62.0 cm³/mol. The topological polar surface area (TPSA) is 26.3 Å². The molecule has 2 nitrogen and oxygen atoms in total. The Hall–Kier alpha value is -0.740. The van der Waals surface area contributed by atoms with Crippen molar-refractivity contribution in [1.29, 1.82) is 0 Å². The molecular formula is C12H12BrFO2. The zero-order chi connectivity index (χ0) is 11.5. The Morgan fingerprint density at radius 1 is 1.38 bits per heavy atom. The first-order valence-electron chi connectivity index (χ1n) is 5.25. The molecule has 1 saturated heterocycles. The Bertz CT molecular complexity index is 400. The van der Waals surface area contributed by atoms with E-state index in [0.29, 0.717) is 30.5 Å². The minimum atomic E-state index is -0.453. The number of halogens is 2. The van der Waals surface area contributed by atoms with Crippen molar-refractivity contribution in [3.8, 4) is 0 Å². The highest BCUT2D eigenvalue weighted by Crippen LogP contribution is 2.23. The summed E-state index contributed by atoms with van der Waals surface area (Å²) in [4.78, 5) is 12.0. The predicted octanol–water partition coefficient (Wildman–Crippen LogP) is 3.20. The van der Waals surface area contributed by atoms with Gasteiger partial charge in [-0.15, -0.1) is 0 Å². The van der Waals surface area contributed by atoms with E-state index in [1.165, 1.54) is 12.1 Å². The number of benzene rings is 1. The van der Waals surface area contributed by atoms with Crippen molar-refractivity contribution in [3.63, 3.8) is 0 Å². The Kier molecular flexibility index (Phi) is 3.71. The van der Waals surface area contributed by atoms with Crippen LogP contribution >= 0.6 is 15.9 Å². The minimum absolute atomic E-state index is 0.0931. The van der Waals surface area contributed by atoms with Gasteiger partial charge in [0.2, 0.25) is 0 Å². The van der Waals surface area contributed by atoms with E-state index in [1.807, 2.05) is 0 Å². The highest BCUT2D eigenvalue weighted by atomic mass is 79.9. The summed E-state index contributed by atoms with van der Waals surface area (Å²) in [5.41, 5.74) is 0.190. The van der Waals surface area contributed by atoms with Crippen LogP contribution in [0.5, 0.6) is 0 Å². The van der Waals surface area contributed by atoms with Crippen LogP contribution in [0.4, 0.5) is 4.39 Å². The minimum Gasteiger partial charge on any atom is -0.381 e. The van der Waals surface area contributed by atoms with Crippen LogP contribution < -0.4 is 0 Å². The Balaban J connectivity index is 2.19. The summed E-state index contributed by atoms with van der Waals surface area (Å²) in [6, 6.07) is 4.55.